The fourth-order valence-electron chi connectivity index (χ4n) is 5.00. The van der Waals surface area contributed by atoms with Gasteiger partial charge in [0.25, 0.3) is 5.56 Å². The lowest BCUT2D eigenvalue weighted by atomic mass is 9.83. The second-order valence-corrected chi connectivity index (χ2v) is 8.87. The minimum Gasteiger partial charge on any atom is -0.333 e. The van der Waals surface area contributed by atoms with Crippen molar-refractivity contribution in [2.75, 3.05) is 24.5 Å². The van der Waals surface area contributed by atoms with E-state index in [1.165, 1.54) is 0 Å². The number of anilines is 1. The van der Waals surface area contributed by atoms with Gasteiger partial charge in [0.05, 0.1) is 6.04 Å². The summed E-state index contributed by atoms with van der Waals surface area (Å²) >= 11 is 5.93. The standard InChI is InChI=1S/C22H23ClN4O3/c23-16-4-6-18(7-5-16)26-13-17(9-21(26)29)24-22(30)25-10-14-8-15(12-25)19-2-1-3-20(28)27(19)11-14/h1-7,14-15,17H,8-13H2,(H,24,30). The van der Waals surface area contributed by atoms with Crippen LogP contribution >= 0.6 is 11.6 Å². The number of carbonyl (C=O) groups excluding carboxylic acids is 2. The molecule has 0 aliphatic carbocycles. The van der Waals surface area contributed by atoms with Crippen molar-refractivity contribution in [3.8, 4) is 0 Å². The van der Waals surface area contributed by atoms with Crippen molar-refractivity contribution in [1.82, 2.24) is 14.8 Å². The Labute approximate surface area is 179 Å². The van der Waals surface area contributed by atoms with E-state index in [4.69, 9.17) is 11.6 Å². The van der Waals surface area contributed by atoms with E-state index >= 15 is 0 Å². The Morgan fingerprint density at radius 3 is 2.60 bits per heavy atom. The lowest BCUT2D eigenvalue weighted by molar-refractivity contribution is -0.117. The predicted molar refractivity (Wildman–Crippen MR) is 114 cm³/mol. The molecule has 30 heavy (non-hydrogen) atoms. The molecule has 0 saturated carbocycles. The van der Waals surface area contributed by atoms with Gasteiger partial charge in [0, 0.05) is 61.0 Å². The zero-order valence-electron chi connectivity index (χ0n) is 16.5. The van der Waals surface area contributed by atoms with Crippen molar-refractivity contribution in [2.24, 2.45) is 5.92 Å². The molecule has 0 spiro atoms. The maximum absolute atomic E-state index is 13.0. The number of carbonyl (C=O) groups is 2. The third-order valence-electron chi connectivity index (χ3n) is 6.36. The van der Waals surface area contributed by atoms with Crippen molar-refractivity contribution < 1.29 is 9.59 Å². The molecule has 0 radical (unpaired) electrons. The highest BCUT2D eigenvalue weighted by Gasteiger charge is 2.38. The lowest BCUT2D eigenvalue weighted by Gasteiger charge is -2.42. The summed E-state index contributed by atoms with van der Waals surface area (Å²) in [4.78, 5) is 41.1. The van der Waals surface area contributed by atoms with Crippen LogP contribution in [0.25, 0.3) is 0 Å². The summed E-state index contributed by atoms with van der Waals surface area (Å²) in [5, 5.41) is 3.66. The molecule has 3 aliphatic rings. The molecule has 1 aromatic heterocycles. The molecule has 156 valence electrons. The Hall–Kier alpha value is -2.80. The first-order valence-corrected chi connectivity index (χ1v) is 10.7. The molecule has 1 aromatic carbocycles. The monoisotopic (exact) mass is 426 g/mol. The molecule has 3 amide bonds. The van der Waals surface area contributed by atoms with Gasteiger partial charge in [-0.05, 0) is 42.7 Å². The van der Waals surface area contributed by atoms with Crippen molar-refractivity contribution in [1.29, 1.82) is 0 Å². The van der Waals surface area contributed by atoms with Gasteiger partial charge in [-0.2, -0.15) is 0 Å². The number of nitrogens with one attached hydrogen (secondary N) is 1. The molecule has 2 saturated heterocycles. The number of hydrogen-bond acceptors (Lipinski definition) is 3. The van der Waals surface area contributed by atoms with Crippen LogP contribution in [0, 0.1) is 5.92 Å². The quantitative estimate of drug-likeness (QED) is 0.801. The van der Waals surface area contributed by atoms with Crippen LogP contribution in [0.1, 0.15) is 24.5 Å². The van der Waals surface area contributed by atoms with E-state index in [-0.39, 0.29) is 41.8 Å². The minimum atomic E-state index is -0.225. The SMILES string of the molecule is O=C(NC1CC(=O)N(c2ccc(Cl)cc2)C1)N1CC2CC(C1)c1cccc(=O)n1C2. The largest absolute Gasteiger partial charge is 0.333 e. The number of nitrogens with zero attached hydrogens (tertiary/aromatic N) is 3. The third-order valence-corrected chi connectivity index (χ3v) is 6.61. The molecule has 3 unspecified atom stereocenters. The van der Waals surface area contributed by atoms with Crippen LogP contribution in [0.5, 0.6) is 0 Å². The Kier molecular flexibility index (Phi) is 4.77. The Morgan fingerprint density at radius 1 is 1.00 bits per heavy atom. The Morgan fingerprint density at radius 2 is 1.80 bits per heavy atom. The number of rotatable bonds is 2. The summed E-state index contributed by atoms with van der Waals surface area (Å²) in [5.41, 5.74) is 1.84. The number of halogens is 1. The average molecular weight is 427 g/mol. The van der Waals surface area contributed by atoms with Crippen molar-refractivity contribution >= 4 is 29.2 Å². The van der Waals surface area contributed by atoms with Gasteiger partial charge in [-0.25, -0.2) is 4.79 Å². The Bertz CT molecular complexity index is 1050. The van der Waals surface area contributed by atoms with Crippen molar-refractivity contribution in [3.63, 3.8) is 0 Å². The number of urea groups is 1. The normalized spacial score (nSPS) is 25.2. The van der Waals surface area contributed by atoms with Crippen LogP contribution in [0.3, 0.4) is 0 Å². The molecule has 7 nitrogen and oxygen atoms in total. The van der Waals surface area contributed by atoms with Crippen LogP contribution in [-0.4, -0.2) is 47.1 Å². The summed E-state index contributed by atoms with van der Waals surface area (Å²) in [6, 6.07) is 12.2. The first-order chi connectivity index (χ1) is 14.5. The summed E-state index contributed by atoms with van der Waals surface area (Å²) in [6.45, 7) is 2.32. The van der Waals surface area contributed by atoms with Gasteiger partial charge < -0.3 is 19.7 Å². The lowest BCUT2D eigenvalue weighted by Crippen LogP contribution is -2.53. The zero-order valence-corrected chi connectivity index (χ0v) is 17.2. The summed E-state index contributed by atoms with van der Waals surface area (Å²) in [5.74, 6) is 0.442. The van der Waals surface area contributed by atoms with Gasteiger partial charge in [-0.1, -0.05) is 17.7 Å². The minimum absolute atomic E-state index is 0.00793. The molecule has 4 heterocycles. The van der Waals surface area contributed by atoms with Gasteiger partial charge >= 0.3 is 6.03 Å². The summed E-state index contributed by atoms with van der Waals surface area (Å²) in [6.07, 6.45) is 1.28. The van der Waals surface area contributed by atoms with Crippen LogP contribution in [0.4, 0.5) is 10.5 Å². The van der Waals surface area contributed by atoms with E-state index < -0.39 is 0 Å². The number of piperidine rings is 1. The summed E-state index contributed by atoms with van der Waals surface area (Å²) < 4.78 is 1.85. The highest BCUT2D eigenvalue weighted by atomic mass is 35.5. The fourth-order valence-corrected chi connectivity index (χ4v) is 5.13. The Balaban J connectivity index is 1.25. The van der Waals surface area contributed by atoms with Gasteiger partial charge in [0.2, 0.25) is 5.91 Å². The van der Waals surface area contributed by atoms with Crippen LogP contribution in [-0.2, 0) is 11.3 Å². The van der Waals surface area contributed by atoms with Gasteiger partial charge in [-0.15, -0.1) is 0 Å². The predicted octanol–water partition coefficient (Wildman–Crippen LogP) is 2.44. The van der Waals surface area contributed by atoms with Crippen molar-refractivity contribution in [2.45, 2.75) is 31.3 Å². The highest BCUT2D eigenvalue weighted by molar-refractivity contribution is 6.30. The number of hydrogen-bond donors (Lipinski definition) is 1. The first kappa shape index (κ1) is 19.2. The van der Waals surface area contributed by atoms with E-state index in [1.54, 1.807) is 29.2 Å². The van der Waals surface area contributed by atoms with E-state index in [0.29, 0.717) is 31.2 Å². The maximum atomic E-state index is 13.0. The highest BCUT2D eigenvalue weighted by Crippen LogP contribution is 2.35. The second-order valence-electron chi connectivity index (χ2n) is 8.43. The smallest absolute Gasteiger partial charge is 0.317 e. The zero-order chi connectivity index (χ0) is 20.8. The molecule has 3 atom stereocenters. The second kappa shape index (κ2) is 7.47. The number of amides is 3. The topological polar surface area (TPSA) is 74.7 Å². The van der Waals surface area contributed by atoms with Crippen LogP contribution in [0.15, 0.2) is 47.3 Å². The summed E-state index contributed by atoms with van der Waals surface area (Å²) in [7, 11) is 0. The molecule has 1 N–H and O–H groups in total. The molecule has 5 rings (SSSR count). The number of aromatic nitrogens is 1. The molecule has 2 fully saturated rings. The van der Waals surface area contributed by atoms with E-state index in [9.17, 15) is 14.4 Å². The molecule has 3 aliphatic heterocycles. The average Bonchev–Trinajstić information content (AvgIpc) is 3.09. The molecule has 8 heteroatoms. The van der Waals surface area contributed by atoms with Crippen LogP contribution < -0.4 is 15.8 Å². The number of benzene rings is 1. The van der Waals surface area contributed by atoms with Gasteiger partial charge in [0.15, 0.2) is 0 Å². The van der Waals surface area contributed by atoms with E-state index in [1.807, 2.05) is 27.7 Å². The van der Waals surface area contributed by atoms with E-state index in [0.717, 1.165) is 17.8 Å². The molecule has 2 aromatic rings. The van der Waals surface area contributed by atoms with Gasteiger partial charge in [0.1, 0.15) is 0 Å². The molecule has 2 bridgehead atoms. The van der Waals surface area contributed by atoms with E-state index in [2.05, 4.69) is 5.32 Å². The van der Waals surface area contributed by atoms with Crippen molar-refractivity contribution in [3.05, 3.63) is 63.5 Å². The van der Waals surface area contributed by atoms with Gasteiger partial charge in [-0.3, -0.25) is 9.59 Å². The molecular weight excluding hydrogens is 404 g/mol. The fraction of sp³-hybridized carbons (Fsp3) is 0.409. The number of pyridine rings is 1. The maximum Gasteiger partial charge on any atom is 0.317 e. The van der Waals surface area contributed by atoms with Crippen LogP contribution in [0.2, 0.25) is 5.02 Å². The third kappa shape index (κ3) is 3.47. The number of fused-ring (bicyclic) bond motifs is 4. The first-order valence-electron chi connectivity index (χ1n) is 10.3. The number of likely N-dealkylation sites (tertiary alicyclic amines) is 1. The molecular formula is C22H23ClN4O3.